The van der Waals surface area contributed by atoms with Crippen molar-refractivity contribution in [2.24, 2.45) is 5.10 Å². The van der Waals surface area contributed by atoms with Crippen molar-refractivity contribution in [3.8, 4) is 5.75 Å². The van der Waals surface area contributed by atoms with E-state index in [2.05, 4.69) is 15.3 Å². The molecule has 1 heterocycles. The quantitative estimate of drug-likeness (QED) is 0.544. The van der Waals surface area contributed by atoms with Gasteiger partial charge < -0.3 is 4.74 Å². The molecule has 0 atom stereocenters. The van der Waals surface area contributed by atoms with E-state index in [0.29, 0.717) is 22.2 Å². The maximum absolute atomic E-state index is 6.12. The van der Waals surface area contributed by atoms with Crippen LogP contribution in [0.25, 0.3) is 0 Å². The number of benzene rings is 2. The highest BCUT2D eigenvalue weighted by Crippen LogP contribution is 2.18. The number of aromatic amines is 1. The molecule has 1 aromatic heterocycles. The minimum absolute atomic E-state index is 0.427. The van der Waals surface area contributed by atoms with Gasteiger partial charge in [-0.3, -0.25) is 5.10 Å². The topological polar surface area (TPSA) is 55.2 Å². The third kappa shape index (κ3) is 3.90. The third-order valence-electron chi connectivity index (χ3n) is 3.37. The van der Waals surface area contributed by atoms with Gasteiger partial charge >= 0.3 is 0 Å². The van der Waals surface area contributed by atoms with Crippen LogP contribution < -0.4 is 4.74 Å². The lowest BCUT2D eigenvalue weighted by Crippen LogP contribution is -1.96. The maximum Gasteiger partial charge on any atom is 0.216 e. The van der Waals surface area contributed by atoms with Gasteiger partial charge in [-0.2, -0.15) is 14.9 Å². The van der Waals surface area contributed by atoms with Crippen molar-refractivity contribution in [3.05, 3.63) is 75.3 Å². The molecule has 0 saturated carbocycles. The number of hydrogen-bond acceptors (Lipinski definition) is 4. The molecule has 0 spiro atoms. The lowest BCUT2D eigenvalue weighted by Gasteiger charge is -2.07. The van der Waals surface area contributed by atoms with Crippen LogP contribution in [0.4, 0.5) is 0 Å². The summed E-state index contributed by atoms with van der Waals surface area (Å²) in [6, 6.07) is 15.2. The highest BCUT2D eigenvalue weighted by molar-refractivity contribution is 7.71. The highest BCUT2D eigenvalue weighted by atomic mass is 35.5. The van der Waals surface area contributed by atoms with Gasteiger partial charge in [-0.1, -0.05) is 29.8 Å². The van der Waals surface area contributed by atoms with Crippen LogP contribution >= 0.6 is 23.8 Å². The molecule has 122 valence electrons. The minimum atomic E-state index is 0.427. The predicted molar refractivity (Wildman–Crippen MR) is 97.4 cm³/mol. The van der Waals surface area contributed by atoms with E-state index < -0.39 is 0 Å². The zero-order valence-corrected chi connectivity index (χ0v) is 14.5. The van der Waals surface area contributed by atoms with Crippen molar-refractivity contribution < 1.29 is 4.74 Å². The Balaban J connectivity index is 1.65. The summed E-state index contributed by atoms with van der Waals surface area (Å²) in [6.07, 6.45) is 1.72. The monoisotopic (exact) mass is 358 g/mol. The predicted octanol–water partition coefficient (Wildman–Crippen LogP) is 4.36. The number of hydrogen-bond donors (Lipinski definition) is 1. The second-order valence-electron chi connectivity index (χ2n) is 5.08. The molecule has 0 aliphatic carbocycles. The van der Waals surface area contributed by atoms with Gasteiger partial charge in [0.25, 0.3) is 0 Å². The summed E-state index contributed by atoms with van der Waals surface area (Å²) in [5.41, 5.74) is 1.89. The molecule has 2 aromatic carbocycles. The van der Waals surface area contributed by atoms with Crippen LogP contribution in [0.15, 0.2) is 53.6 Å². The van der Waals surface area contributed by atoms with Crippen molar-refractivity contribution in [2.75, 3.05) is 0 Å². The lowest BCUT2D eigenvalue weighted by molar-refractivity contribution is 0.306. The van der Waals surface area contributed by atoms with E-state index in [1.807, 2.05) is 55.5 Å². The van der Waals surface area contributed by atoms with Gasteiger partial charge in [0, 0.05) is 10.6 Å². The van der Waals surface area contributed by atoms with Gasteiger partial charge in [-0.15, -0.1) is 0 Å². The Morgan fingerprint density at radius 3 is 2.67 bits per heavy atom. The average molecular weight is 359 g/mol. The summed E-state index contributed by atoms with van der Waals surface area (Å²) in [7, 11) is 0. The molecule has 0 radical (unpaired) electrons. The van der Waals surface area contributed by atoms with Gasteiger partial charge in [-0.05, 0) is 55.0 Å². The summed E-state index contributed by atoms with van der Waals surface area (Å²) >= 11 is 11.2. The first-order chi connectivity index (χ1) is 11.6. The van der Waals surface area contributed by atoms with E-state index in [9.17, 15) is 0 Å². The van der Waals surface area contributed by atoms with Crippen LogP contribution in [0.2, 0.25) is 5.02 Å². The summed E-state index contributed by atoms with van der Waals surface area (Å²) in [6.45, 7) is 2.26. The van der Waals surface area contributed by atoms with E-state index in [-0.39, 0.29) is 0 Å². The Bertz CT molecular complexity index is 915. The first kappa shape index (κ1) is 16.4. The first-order valence-corrected chi connectivity index (χ1v) is 8.07. The van der Waals surface area contributed by atoms with Crippen LogP contribution in [0.5, 0.6) is 5.75 Å². The van der Waals surface area contributed by atoms with Gasteiger partial charge in [0.1, 0.15) is 18.2 Å². The number of H-pyrrole nitrogens is 1. The molecule has 0 amide bonds. The molecule has 24 heavy (non-hydrogen) atoms. The van der Waals surface area contributed by atoms with Gasteiger partial charge in [0.05, 0.1) is 6.21 Å². The Labute approximate surface area is 149 Å². The summed E-state index contributed by atoms with van der Waals surface area (Å²) in [4.78, 5) is 0. The Hall–Kier alpha value is -2.44. The van der Waals surface area contributed by atoms with Gasteiger partial charge in [-0.25, -0.2) is 0 Å². The molecular formula is C17H15ClN4OS. The molecule has 1 N–H and O–H groups in total. The van der Waals surface area contributed by atoms with E-state index >= 15 is 0 Å². The van der Waals surface area contributed by atoms with Crippen molar-refractivity contribution in [3.63, 3.8) is 0 Å². The Kier molecular flexibility index (Phi) is 5.08. The molecule has 0 aliphatic heterocycles. The fourth-order valence-corrected chi connectivity index (χ4v) is 2.47. The first-order valence-electron chi connectivity index (χ1n) is 7.28. The SMILES string of the molecule is Cc1n[nH]c(=S)n1/N=C/c1ccc(OCc2ccccc2Cl)cc1. The van der Waals surface area contributed by atoms with Gasteiger partial charge in [0.2, 0.25) is 4.77 Å². The highest BCUT2D eigenvalue weighted by Gasteiger charge is 2.01. The molecule has 5 nitrogen and oxygen atoms in total. The normalized spacial score (nSPS) is 11.1. The third-order valence-corrected chi connectivity index (χ3v) is 4.00. The number of aromatic nitrogens is 3. The molecule has 0 fully saturated rings. The van der Waals surface area contributed by atoms with Crippen molar-refractivity contribution in [1.29, 1.82) is 0 Å². The zero-order valence-electron chi connectivity index (χ0n) is 12.9. The standard InChI is InChI=1S/C17H15ClN4OS/c1-12-20-21-17(24)22(12)19-10-13-6-8-15(9-7-13)23-11-14-4-2-3-5-16(14)18/h2-10H,11H2,1H3,(H,21,24)/b19-10+. The molecule has 3 aromatic rings. The smallest absolute Gasteiger partial charge is 0.216 e. The minimum Gasteiger partial charge on any atom is -0.489 e. The lowest BCUT2D eigenvalue weighted by atomic mass is 10.2. The van der Waals surface area contributed by atoms with Crippen molar-refractivity contribution >= 4 is 30.0 Å². The van der Waals surface area contributed by atoms with Crippen LogP contribution in [-0.4, -0.2) is 21.1 Å². The van der Waals surface area contributed by atoms with Crippen LogP contribution in [-0.2, 0) is 6.61 Å². The van der Waals surface area contributed by atoms with E-state index in [1.165, 1.54) is 0 Å². The molecule has 0 saturated heterocycles. The summed E-state index contributed by atoms with van der Waals surface area (Å²) in [5.74, 6) is 1.47. The van der Waals surface area contributed by atoms with Crippen LogP contribution in [0, 0.1) is 11.7 Å². The fourth-order valence-electron chi connectivity index (χ4n) is 2.06. The molecule has 7 heteroatoms. The summed E-state index contributed by atoms with van der Waals surface area (Å²) in [5, 5.41) is 11.7. The Morgan fingerprint density at radius 2 is 2.00 bits per heavy atom. The van der Waals surface area contributed by atoms with Gasteiger partial charge in [0.15, 0.2) is 0 Å². The maximum atomic E-state index is 6.12. The number of rotatable bonds is 5. The van der Waals surface area contributed by atoms with E-state index in [4.69, 9.17) is 28.6 Å². The number of nitrogens with zero attached hydrogens (tertiary/aromatic N) is 3. The number of ether oxygens (including phenoxy) is 1. The fraction of sp³-hybridized carbons (Fsp3) is 0.118. The molecular weight excluding hydrogens is 344 g/mol. The molecule has 3 rings (SSSR count). The molecule has 0 bridgehead atoms. The van der Waals surface area contributed by atoms with Crippen LogP contribution in [0.1, 0.15) is 17.0 Å². The van der Waals surface area contributed by atoms with Crippen molar-refractivity contribution in [2.45, 2.75) is 13.5 Å². The zero-order chi connectivity index (χ0) is 16.9. The molecule has 0 unspecified atom stereocenters. The largest absolute Gasteiger partial charge is 0.489 e. The van der Waals surface area contributed by atoms with Crippen LogP contribution in [0.3, 0.4) is 0 Å². The van der Waals surface area contributed by atoms with E-state index in [0.717, 1.165) is 16.9 Å². The number of aryl methyl sites for hydroxylation is 1. The second kappa shape index (κ2) is 7.42. The second-order valence-corrected chi connectivity index (χ2v) is 5.88. The summed E-state index contributed by atoms with van der Waals surface area (Å²) < 4.78 is 7.78. The van der Waals surface area contributed by atoms with Crippen molar-refractivity contribution in [1.82, 2.24) is 14.9 Å². The Morgan fingerprint density at radius 1 is 1.25 bits per heavy atom. The number of nitrogens with one attached hydrogen (secondary N) is 1. The average Bonchev–Trinajstić information content (AvgIpc) is 2.91. The molecule has 0 aliphatic rings. The van der Waals surface area contributed by atoms with E-state index in [1.54, 1.807) is 10.9 Å². The number of halogens is 1.